The van der Waals surface area contributed by atoms with E-state index in [0.717, 1.165) is 18.5 Å². The summed E-state index contributed by atoms with van der Waals surface area (Å²) >= 11 is 0. The zero-order valence-corrected chi connectivity index (χ0v) is 11.4. The number of halogens is 2. The third-order valence-corrected chi connectivity index (χ3v) is 4.02. The lowest BCUT2D eigenvalue weighted by Crippen LogP contribution is -2.33. The molecule has 0 bridgehead atoms. The Morgan fingerprint density at radius 2 is 1.95 bits per heavy atom. The zero-order chi connectivity index (χ0) is 14.1. The highest BCUT2D eigenvalue weighted by Crippen LogP contribution is 2.43. The van der Waals surface area contributed by atoms with Crippen molar-refractivity contribution in [2.75, 3.05) is 6.54 Å². The Labute approximate surface area is 117 Å². The van der Waals surface area contributed by atoms with E-state index in [9.17, 15) is 8.78 Å². The second kappa shape index (κ2) is 5.33. The topological polar surface area (TPSA) is 12.0 Å². The molecule has 0 heterocycles. The summed E-state index contributed by atoms with van der Waals surface area (Å²) in [4.78, 5) is 0. The van der Waals surface area contributed by atoms with Gasteiger partial charge in [-0.1, -0.05) is 37.3 Å². The Balaban J connectivity index is 1.92. The van der Waals surface area contributed by atoms with Crippen molar-refractivity contribution in [1.29, 1.82) is 0 Å². The van der Waals surface area contributed by atoms with Gasteiger partial charge in [-0.2, -0.15) is 0 Å². The maximum atomic E-state index is 13.5. The molecule has 2 aromatic carbocycles. The standard InChI is InChI=1S/C17H17F2N/c1-2-20-17(12-7-8-15(18)16(19)10-12)14-9-11-5-3-4-6-13(11)14/h3-8,10,14,17,20H,2,9H2,1H3. The first kappa shape index (κ1) is 13.3. The van der Waals surface area contributed by atoms with Gasteiger partial charge in [0.05, 0.1) is 0 Å². The van der Waals surface area contributed by atoms with E-state index in [-0.39, 0.29) is 6.04 Å². The van der Waals surface area contributed by atoms with E-state index in [1.165, 1.54) is 23.3 Å². The van der Waals surface area contributed by atoms with E-state index in [2.05, 4.69) is 17.4 Å². The molecule has 104 valence electrons. The van der Waals surface area contributed by atoms with Gasteiger partial charge in [0.2, 0.25) is 0 Å². The lowest BCUT2D eigenvalue weighted by atomic mass is 9.71. The van der Waals surface area contributed by atoms with Gasteiger partial charge in [-0.15, -0.1) is 0 Å². The quantitative estimate of drug-likeness (QED) is 0.889. The maximum Gasteiger partial charge on any atom is 0.159 e. The average molecular weight is 273 g/mol. The van der Waals surface area contributed by atoms with E-state index in [1.807, 2.05) is 19.1 Å². The van der Waals surface area contributed by atoms with Crippen LogP contribution in [0.25, 0.3) is 0 Å². The van der Waals surface area contributed by atoms with E-state index >= 15 is 0 Å². The van der Waals surface area contributed by atoms with E-state index in [0.29, 0.717) is 5.92 Å². The maximum absolute atomic E-state index is 13.5. The van der Waals surface area contributed by atoms with E-state index in [1.54, 1.807) is 6.07 Å². The molecule has 20 heavy (non-hydrogen) atoms. The fourth-order valence-corrected chi connectivity index (χ4v) is 3.01. The molecule has 2 aromatic rings. The van der Waals surface area contributed by atoms with Crippen LogP contribution >= 0.6 is 0 Å². The predicted molar refractivity (Wildman–Crippen MR) is 75.7 cm³/mol. The lowest BCUT2D eigenvalue weighted by molar-refractivity contribution is 0.415. The minimum atomic E-state index is -0.794. The van der Waals surface area contributed by atoms with Crippen molar-refractivity contribution >= 4 is 0 Å². The van der Waals surface area contributed by atoms with Crippen molar-refractivity contribution in [3.05, 3.63) is 70.8 Å². The van der Waals surface area contributed by atoms with Crippen LogP contribution in [0.2, 0.25) is 0 Å². The van der Waals surface area contributed by atoms with Gasteiger partial charge in [-0.25, -0.2) is 8.78 Å². The van der Waals surface area contributed by atoms with Gasteiger partial charge in [-0.05, 0) is 41.8 Å². The average Bonchev–Trinajstić information content (AvgIpc) is 2.42. The molecule has 0 aromatic heterocycles. The van der Waals surface area contributed by atoms with E-state index in [4.69, 9.17) is 0 Å². The molecule has 1 N–H and O–H groups in total. The number of fused-ring (bicyclic) bond motifs is 1. The Morgan fingerprint density at radius 3 is 2.65 bits per heavy atom. The Hall–Kier alpha value is -1.74. The highest BCUT2D eigenvalue weighted by molar-refractivity contribution is 5.43. The third kappa shape index (κ3) is 2.22. The largest absolute Gasteiger partial charge is 0.310 e. The molecule has 1 aliphatic carbocycles. The summed E-state index contributed by atoms with van der Waals surface area (Å²) in [6, 6.07) is 12.5. The summed E-state index contributed by atoms with van der Waals surface area (Å²) in [5.74, 6) is -1.24. The SMILES string of the molecule is CCNC(c1ccc(F)c(F)c1)C1Cc2ccccc21. The summed E-state index contributed by atoms with van der Waals surface area (Å²) in [5, 5.41) is 3.40. The Kier molecular flexibility index (Phi) is 3.53. The predicted octanol–water partition coefficient (Wildman–Crippen LogP) is 3.96. The minimum Gasteiger partial charge on any atom is -0.310 e. The highest BCUT2D eigenvalue weighted by Gasteiger charge is 2.33. The molecule has 0 spiro atoms. The molecule has 1 aliphatic rings. The number of benzene rings is 2. The van der Waals surface area contributed by atoms with E-state index < -0.39 is 11.6 Å². The van der Waals surface area contributed by atoms with Gasteiger partial charge in [0.1, 0.15) is 0 Å². The zero-order valence-electron chi connectivity index (χ0n) is 11.4. The first-order chi connectivity index (χ1) is 9.70. The van der Waals surface area contributed by atoms with Crippen molar-refractivity contribution < 1.29 is 8.78 Å². The monoisotopic (exact) mass is 273 g/mol. The van der Waals surface area contributed by atoms with Crippen LogP contribution in [-0.4, -0.2) is 6.54 Å². The van der Waals surface area contributed by atoms with Crippen molar-refractivity contribution in [1.82, 2.24) is 5.32 Å². The lowest BCUT2D eigenvalue weighted by Gasteiger charge is -2.37. The van der Waals surface area contributed by atoms with Crippen LogP contribution in [0.4, 0.5) is 8.78 Å². The summed E-state index contributed by atoms with van der Waals surface area (Å²) in [6.07, 6.45) is 0.979. The molecule has 0 saturated heterocycles. The van der Waals surface area contributed by atoms with Crippen LogP contribution in [-0.2, 0) is 6.42 Å². The molecule has 0 radical (unpaired) electrons. The number of hydrogen-bond donors (Lipinski definition) is 1. The second-order valence-corrected chi connectivity index (χ2v) is 5.22. The van der Waals surface area contributed by atoms with Gasteiger partial charge in [-0.3, -0.25) is 0 Å². The molecule has 2 atom stereocenters. The molecule has 0 saturated carbocycles. The van der Waals surface area contributed by atoms with Crippen LogP contribution in [0.5, 0.6) is 0 Å². The second-order valence-electron chi connectivity index (χ2n) is 5.22. The van der Waals surface area contributed by atoms with Crippen LogP contribution in [0.1, 0.15) is 35.6 Å². The minimum absolute atomic E-state index is 0.0324. The molecule has 1 nitrogen and oxygen atoms in total. The molecule has 0 aliphatic heterocycles. The van der Waals surface area contributed by atoms with Crippen molar-refractivity contribution in [2.24, 2.45) is 0 Å². The molecule has 0 amide bonds. The molecule has 3 rings (SSSR count). The molecule has 3 heteroatoms. The van der Waals surface area contributed by atoms with Gasteiger partial charge in [0, 0.05) is 12.0 Å². The number of likely N-dealkylation sites (N-methyl/N-ethyl adjacent to an activating group) is 1. The Bertz CT molecular complexity index is 624. The first-order valence-electron chi connectivity index (χ1n) is 6.97. The van der Waals surface area contributed by atoms with Crippen molar-refractivity contribution in [2.45, 2.75) is 25.3 Å². The highest BCUT2D eigenvalue weighted by atomic mass is 19.2. The van der Waals surface area contributed by atoms with Crippen LogP contribution in [0.3, 0.4) is 0 Å². The summed E-state index contributed by atoms with van der Waals surface area (Å²) in [5.41, 5.74) is 3.47. The summed E-state index contributed by atoms with van der Waals surface area (Å²) in [6.45, 7) is 2.82. The van der Waals surface area contributed by atoms with Crippen LogP contribution < -0.4 is 5.32 Å². The molecule has 0 fully saturated rings. The molecular formula is C17H17F2N. The van der Waals surface area contributed by atoms with Crippen molar-refractivity contribution in [3.8, 4) is 0 Å². The fourth-order valence-electron chi connectivity index (χ4n) is 3.01. The van der Waals surface area contributed by atoms with Crippen LogP contribution in [0.15, 0.2) is 42.5 Å². The third-order valence-electron chi connectivity index (χ3n) is 4.02. The summed E-state index contributed by atoms with van der Waals surface area (Å²) < 4.78 is 26.5. The van der Waals surface area contributed by atoms with Gasteiger partial charge < -0.3 is 5.32 Å². The smallest absolute Gasteiger partial charge is 0.159 e. The van der Waals surface area contributed by atoms with Crippen LogP contribution in [0, 0.1) is 11.6 Å². The number of rotatable bonds is 4. The fraction of sp³-hybridized carbons (Fsp3) is 0.294. The normalized spacial score (nSPS) is 18.2. The summed E-state index contributed by atoms with van der Waals surface area (Å²) in [7, 11) is 0. The van der Waals surface area contributed by atoms with Gasteiger partial charge in [0.15, 0.2) is 11.6 Å². The number of hydrogen-bond acceptors (Lipinski definition) is 1. The van der Waals surface area contributed by atoms with Crippen molar-refractivity contribution in [3.63, 3.8) is 0 Å². The van der Waals surface area contributed by atoms with Gasteiger partial charge >= 0.3 is 0 Å². The number of nitrogens with one attached hydrogen (secondary N) is 1. The molecule has 2 unspecified atom stereocenters. The first-order valence-corrected chi connectivity index (χ1v) is 6.97. The Morgan fingerprint density at radius 1 is 1.15 bits per heavy atom. The van der Waals surface area contributed by atoms with Gasteiger partial charge in [0.25, 0.3) is 0 Å². The molecular weight excluding hydrogens is 256 g/mol.